The van der Waals surface area contributed by atoms with E-state index in [-0.39, 0.29) is 0 Å². The molecule has 0 spiro atoms. The normalized spacial score (nSPS) is 10.0. The molecule has 5 heteroatoms. The molecular formula is C16H16N2O3. The summed E-state index contributed by atoms with van der Waals surface area (Å²) in [6.45, 7) is 3.93. The summed E-state index contributed by atoms with van der Waals surface area (Å²) in [5.41, 5.74) is 7.99. The maximum absolute atomic E-state index is 12.1. The Labute approximate surface area is 122 Å². The Morgan fingerprint density at radius 1 is 1.05 bits per heavy atom. The van der Waals surface area contributed by atoms with Crippen molar-refractivity contribution in [1.82, 2.24) is 0 Å². The van der Waals surface area contributed by atoms with Crippen LogP contribution in [0, 0.1) is 13.8 Å². The summed E-state index contributed by atoms with van der Waals surface area (Å²) in [5.74, 6) is -0.0114. The van der Waals surface area contributed by atoms with E-state index in [1.165, 1.54) is 6.07 Å². The summed E-state index contributed by atoms with van der Waals surface area (Å²) in [4.78, 5) is 22.9. The number of hydrogen-bond donors (Lipinski definition) is 2. The van der Waals surface area contributed by atoms with Crippen molar-refractivity contribution >= 4 is 17.7 Å². The quantitative estimate of drug-likeness (QED) is 0.671. The van der Waals surface area contributed by atoms with Gasteiger partial charge in [-0.1, -0.05) is 12.1 Å². The van der Waals surface area contributed by atoms with Crippen LogP contribution in [0.2, 0.25) is 0 Å². The number of nitrogens with two attached hydrogens (primary N) is 1. The first kappa shape index (κ1) is 14.6. The molecule has 2 rings (SSSR count). The maximum atomic E-state index is 12.1. The molecular weight excluding hydrogens is 268 g/mol. The second kappa shape index (κ2) is 6.09. The van der Waals surface area contributed by atoms with Gasteiger partial charge in [0.15, 0.2) is 0 Å². The summed E-state index contributed by atoms with van der Waals surface area (Å²) < 4.78 is 5.31. The molecule has 0 radical (unpaired) electrons. The number of ether oxygens (including phenoxy) is 1. The van der Waals surface area contributed by atoms with E-state index in [1.807, 2.05) is 19.9 Å². The van der Waals surface area contributed by atoms with Crippen LogP contribution in [0.1, 0.15) is 21.5 Å². The van der Waals surface area contributed by atoms with E-state index in [2.05, 4.69) is 5.32 Å². The Morgan fingerprint density at radius 3 is 2.48 bits per heavy atom. The number of amides is 2. The highest BCUT2D eigenvalue weighted by Crippen LogP contribution is 2.18. The fourth-order valence-electron chi connectivity index (χ4n) is 1.81. The third-order valence-electron chi connectivity index (χ3n) is 3.05. The zero-order valence-corrected chi connectivity index (χ0v) is 11.8. The van der Waals surface area contributed by atoms with Crippen LogP contribution >= 0.6 is 0 Å². The number of hydrogen-bond acceptors (Lipinski definition) is 3. The summed E-state index contributed by atoms with van der Waals surface area (Å²) in [6, 6.07) is 11.1. The van der Waals surface area contributed by atoms with Gasteiger partial charge in [-0.2, -0.15) is 0 Å². The SMILES string of the molecule is Cc1ccc(OC(=O)c2cccc(NC(N)=O)c2)cc1C. The molecule has 21 heavy (non-hydrogen) atoms. The predicted octanol–water partition coefficient (Wildman–Crippen LogP) is 3.01. The Kier molecular flexibility index (Phi) is 4.23. The summed E-state index contributed by atoms with van der Waals surface area (Å²) in [7, 11) is 0. The molecule has 2 aromatic rings. The number of benzene rings is 2. The highest BCUT2D eigenvalue weighted by atomic mass is 16.5. The molecule has 108 valence electrons. The number of nitrogens with one attached hydrogen (secondary N) is 1. The highest BCUT2D eigenvalue weighted by molar-refractivity contribution is 5.94. The Morgan fingerprint density at radius 2 is 1.81 bits per heavy atom. The lowest BCUT2D eigenvalue weighted by Crippen LogP contribution is -2.19. The maximum Gasteiger partial charge on any atom is 0.343 e. The van der Waals surface area contributed by atoms with Gasteiger partial charge in [0, 0.05) is 5.69 Å². The molecule has 0 bridgehead atoms. The fraction of sp³-hybridized carbons (Fsp3) is 0.125. The number of primary amides is 1. The molecule has 0 unspecified atom stereocenters. The summed E-state index contributed by atoms with van der Waals surface area (Å²) >= 11 is 0. The molecule has 2 aromatic carbocycles. The molecule has 0 atom stereocenters. The minimum atomic E-state index is -0.685. The third kappa shape index (κ3) is 3.82. The molecule has 0 aliphatic carbocycles. The molecule has 0 fully saturated rings. The number of aryl methyl sites for hydroxylation is 2. The molecule has 0 aliphatic rings. The minimum Gasteiger partial charge on any atom is -0.423 e. The zero-order valence-electron chi connectivity index (χ0n) is 11.8. The van der Waals surface area contributed by atoms with Crippen molar-refractivity contribution in [3.05, 3.63) is 59.2 Å². The smallest absolute Gasteiger partial charge is 0.343 e. The third-order valence-corrected chi connectivity index (χ3v) is 3.05. The molecule has 0 saturated carbocycles. The first-order valence-electron chi connectivity index (χ1n) is 6.41. The average molecular weight is 284 g/mol. The second-order valence-corrected chi connectivity index (χ2v) is 4.71. The van der Waals surface area contributed by atoms with Crippen LogP contribution in [0.15, 0.2) is 42.5 Å². The van der Waals surface area contributed by atoms with E-state index in [0.717, 1.165) is 11.1 Å². The molecule has 0 heterocycles. The van der Waals surface area contributed by atoms with Crippen LogP contribution < -0.4 is 15.8 Å². The van der Waals surface area contributed by atoms with Gasteiger partial charge in [0.2, 0.25) is 0 Å². The van der Waals surface area contributed by atoms with E-state index >= 15 is 0 Å². The first-order chi connectivity index (χ1) is 9.95. The largest absolute Gasteiger partial charge is 0.423 e. The van der Waals surface area contributed by atoms with E-state index in [1.54, 1.807) is 30.3 Å². The lowest BCUT2D eigenvalue weighted by atomic mass is 10.1. The van der Waals surface area contributed by atoms with Gasteiger partial charge < -0.3 is 15.8 Å². The lowest BCUT2D eigenvalue weighted by molar-refractivity contribution is 0.0734. The van der Waals surface area contributed by atoms with Crippen LogP contribution in [-0.4, -0.2) is 12.0 Å². The van der Waals surface area contributed by atoms with Crippen molar-refractivity contribution in [3.63, 3.8) is 0 Å². The van der Waals surface area contributed by atoms with Gasteiger partial charge in [0.1, 0.15) is 5.75 Å². The van der Waals surface area contributed by atoms with Crippen LogP contribution in [-0.2, 0) is 0 Å². The van der Waals surface area contributed by atoms with Crippen LogP contribution in [0.4, 0.5) is 10.5 Å². The van der Waals surface area contributed by atoms with Crippen molar-refractivity contribution in [1.29, 1.82) is 0 Å². The van der Waals surface area contributed by atoms with Crippen molar-refractivity contribution in [2.75, 3.05) is 5.32 Å². The number of esters is 1. The number of rotatable bonds is 3. The van der Waals surface area contributed by atoms with Crippen molar-refractivity contribution in [2.24, 2.45) is 5.73 Å². The van der Waals surface area contributed by atoms with Gasteiger partial charge >= 0.3 is 12.0 Å². The van der Waals surface area contributed by atoms with E-state index in [4.69, 9.17) is 10.5 Å². The monoisotopic (exact) mass is 284 g/mol. The number of carbonyl (C=O) groups excluding carboxylic acids is 2. The van der Waals surface area contributed by atoms with Gasteiger partial charge in [-0.25, -0.2) is 9.59 Å². The highest BCUT2D eigenvalue weighted by Gasteiger charge is 2.10. The summed E-state index contributed by atoms with van der Waals surface area (Å²) in [5, 5.41) is 2.41. The average Bonchev–Trinajstić information content (AvgIpc) is 2.42. The molecule has 0 aromatic heterocycles. The van der Waals surface area contributed by atoms with Gasteiger partial charge in [-0.3, -0.25) is 0 Å². The van der Waals surface area contributed by atoms with Crippen LogP contribution in [0.5, 0.6) is 5.75 Å². The molecule has 2 amide bonds. The van der Waals surface area contributed by atoms with Crippen LogP contribution in [0.25, 0.3) is 0 Å². The zero-order chi connectivity index (χ0) is 15.4. The second-order valence-electron chi connectivity index (χ2n) is 4.71. The molecule has 5 nitrogen and oxygen atoms in total. The lowest BCUT2D eigenvalue weighted by Gasteiger charge is -2.08. The predicted molar refractivity (Wildman–Crippen MR) is 80.5 cm³/mol. The number of urea groups is 1. The standard InChI is InChI=1S/C16H16N2O3/c1-10-6-7-14(8-11(10)2)21-15(19)12-4-3-5-13(9-12)18-16(17)20/h3-9H,1-2H3,(H3,17,18,20). The minimum absolute atomic E-state index is 0.333. The Balaban J connectivity index is 2.16. The van der Waals surface area contributed by atoms with Gasteiger partial charge in [0.25, 0.3) is 0 Å². The summed E-state index contributed by atoms with van der Waals surface area (Å²) in [6.07, 6.45) is 0. The first-order valence-corrected chi connectivity index (χ1v) is 6.41. The Hall–Kier alpha value is -2.82. The molecule has 3 N–H and O–H groups in total. The number of anilines is 1. The van der Waals surface area contributed by atoms with Crippen molar-refractivity contribution < 1.29 is 14.3 Å². The fourth-order valence-corrected chi connectivity index (χ4v) is 1.81. The van der Waals surface area contributed by atoms with E-state index in [0.29, 0.717) is 17.0 Å². The van der Waals surface area contributed by atoms with Gasteiger partial charge in [-0.05, 0) is 55.3 Å². The van der Waals surface area contributed by atoms with Gasteiger partial charge in [-0.15, -0.1) is 0 Å². The van der Waals surface area contributed by atoms with Crippen LogP contribution in [0.3, 0.4) is 0 Å². The number of carbonyl (C=O) groups is 2. The Bertz CT molecular complexity index is 696. The van der Waals surface area contributed by atoms with Gasteiger partial charge in [0.05, 0.1) is 5.56 Å². The van der Waals surface area contributed by atoms with Crippen molar-refractivity contribution in [2.45, 2.75) is 13.8 Å². The molecule has 0 saturated heterocycles. The van der Waals surface area contributed by atoms with Crippen molar-refractivity contribution in [3.8, 4) is 5.75 Å². The van der Waals surface area contributed by atoms with E-state index in [9.17, 15) is 9.59 Å². The van der Waals surface area contributed by atoms with E-state index < -0.39 is 12.0 Å². The topological polar surface area (TPSA) is 81.4 Å². The molecule has 0 aliphatic heterocycles.